The zero-order valence-electron chi connectivity index (χ0n) is 9.10. The zero-order valence-corrected chi connectivity index (χ0v) is 9.91. The van der Waals surface area contributed by atoms with E-state index in [0.717, 1.165) is 11.3 Å². The first-order chi connectivity index (χ1) is 7.63. The molecule has 0 radical (unpaired) electrons. The summed E-state index contributed by atoms with van der Waals surface area (Å²) >= 11 is 1.49. The van der Waals surface area contributed by atoms with E-state index in [9.17, 15) is 4.79 Å². The van der Waals surface area contributed by atoms with Crippen molar-refractivity contribution in [3.05, 3.63) is 29.6 Å². The van der Waals surface area contributed by atoms with E-state index in [4.69, 9.17) is 5.11 Å². The smallest absolute Gasteiger partial charge is 0.357 e. The van der Waals surface area contributed by atoms with Gasteiger partial charge in [0, 0.05) is 6.20 Å². The van der Waals surface area contributed by atoms with Crippen LogP contribution in [-0.4, -0.2) is 26.2 Å². The normalized spacial score (nSPS) is 10.9. The molecule has 84 valence electrons. The van der Waals surface area contributed by atoms with Crippen molar-refractivity contribution in [3.63, 3.8) is 0 Å². The Bertz CT molecular complexity index is 548. The Morgan fingerprint density at radius 1 is 1.56 bits per heavy atom. The number of carbonyl (C=O) groups is 1. The molecule has 2 rings (SSSR count). The predicted molar refractivity (Wildman–Crippen MR) is 63.3 cm³/mol. The molecule has 0 bridgehead atoms. The van der Waals surface area contributed by atoms with Crippen molar-refractivity contribution in [1.82, 2.24) is 9.38 Å². The molecule has 4 nitrogen and oxygen atoms in total. The monoisotopic (exact) mass is 236 g/mol. The number of thioether (sulfide) groups is 1. The molecule has 0 spiro atoms. The molecule has 2 aromatic heterocycles. The van der Waals surface area contributed by atoms with Gasteiger partial charge in [0.05, 0.1) is 0 Å². The number of aryl methyl sites for hydroxylation is 1. The number of imidazole rings is 1. The van der Waals surface area contributed by atoms with Crippen molar-refractivity contribution in [2.24, 2.45) is 0 Å². The van der Waals surface area contributed by atoms with Gasteiger partial charge < -0.3 is 5.11 Å². The van der Waals surface area contributed by atoms with Crippen LogP contribution in [0.3, 0.4) is 0 Å². The number of aromatic carboxylic acids is 1. The van der Waals surface area contributed by atoms with Crippen LogP contribution in [0.4, 0.5) is 0 Å². The summed E-state index contributed by atoms with van der Waals surface area (Å²) < 4.78 is 1.84. The van der Waals surface area contributed by atoms with Crippen LogP contribution in [0, 0.1) is 6.92 Å². The van der Waals surface area contributed by atoms with Crippen LogP contribution < -0.4 is 0 Å². The number of rotatable bonds is 3. The van der Waals surface area contributed by atoms with Gasteiger partial charge in [-0.15, -0.1) is 11.8 Å². The molecule has 5 heteroatoms. The van der Waals surface area contributed by atoms with E-state index < -0.39 is 5.97 Å². The van der Waals surface area contributed by atoms with Crippen molar-refractivity contribution in [3.8, 4) is 0 Å². The summed E-state index contributed by atoms with van der Waals surface area (Å²) in [5, 5.41) is 9.78. The van der Waals surface area contributed by atoms with Crippen molar-refractivity contribution < 1.29 is 9.90 Å². The molecule has 1 N–H and O–H groups in total. The van der Waals surface area contributed by atoms with Crippen LogP contribution >= 0.6 is 11.8 Å². The number of carboxylic acid groups (broad SMARTS) is 1. The first-order valence-corrected chi connectivity index (χ1v) is 5.97. The molecule has 2 aromatic rings. The van der Waals surface area contributed by atoms with Crippen molar-refractivity contribution in [1.29, 1.82) is 0 Å². The molecule has 0 atom stereocenters. The van der Waals surface area contributed by atoms with E-state index in [-0.39, 0.29) is 5.69 Å². The maximum atomic E-state index is 11.1. The highest BCUT2D eigenvalue weighted by Crippen LogP contribution is 2.24. The van der Waals surface area contributed by atoms with Gasteiger partial charge in [0.15, 0.2) is 5.69 Å². The minimum atomic E-state index is -0.975. The van der Waals surface area contributed by atoms with Gasteiger partial charge in [0.25, 0.3) is 0 Å². The number of nitrogens with zero attached hydrogens (tertiary/aromatic N) is 2. The highest BCUT2D eigenvalue weighted by molar-refractivity contribution is 7.99. The molecule has 0 aliphatic rings. The lowest BCUT2D eigenvalue weighted by Gasteiger charge is -2.01. The van der Waals surface area contributed by atoms with Gasteiger partial charge in [-0.3, -0.25) is 4.40 Å². The molecular weight excluding hydrogens is 224 g/mol. The third-order valence-corrected chi connectivity index (χ3v) is 3.16. The summed E-state index contributed by atoms with van der Waals surface area (Å²) in [4.78, 5) is 15.2. The van der Waals surface area contributed by atoms with Crippen molar-refractivity contribution in [2.45, 2.75) is 18.9 Å². The SMILES string of the molecule is CCSc1c(C(=O)O)nc2ccc(C)cn12. The Balaban J connectivity index is 2.71. The zero-order chi connectivity index (χ0) is 11.7. The maximum Gasteiger partial charge on any atom is 0.357 e. The molecule has 0 aliphatic heterocycles. The average molecular weight is 236 g/mol. The van der Waals surface area contributed by atoms with Gasteiger partial charge >= 0.3 is 5.97 Å². The van der Waals surface area contributed by atoms with Gasteiger partial charge in [0.1, 0.15) is 10.7 Å². The van der Waals surface area contributed by atoms with E-state index in [1.807, 2.05) is 36.6 Å². The quantitative estimate of drug-likeness (QED) is 0.832. The minimum absolute atomic E-state index is 0.137. The van der Waals surface area contributed by atoms with E-state index in [1.54, 1.807) is 0 Å². The molecule has 0 aliphatic carbocycles. The lowest BCUT2D eigenvalue weighted by atomic mass is 10.3. The van der Waals surface area contributed by atoms with Crippen LogP contribution in [-0.2, 0) is 0 Å². The van der Waals surface area contributed by atoms with Crippen LogP contribution in [0.15, 0.2) is 23.4 Å². The van der Waals surface area contributed by atoms with Gasteiger partial charge in [-0.2, -0.15) is 0 Å². The molecule has 16 heavy (non-hydrogen) atoms. The molecular formula is C11H12N2O2S. The molecule has 0 saturated carbocycles. The largest absolute Gasteiger partial charge is 0.476 e. The molecule has 0 fully saturated rings. The van der Waals surface area contributed by atoms with E-state index in [1.165, 1.54) is 11.8 Å². The number of fused-ring (bicyclic) bond motifs is 1. The number of carboxylic acids is 1. The maximum absolute atomic E-state index is 11.1. The molecule has 0 unspecified atom stereocenters. The second-order valence-electron chi connectivity index (χ2n) is 3.44. The fourth-order valence-electron chi connectivity index (χ4n) is 1.54. The van der Waals surface area contributed by atoms with Gasteiger partial charge in [-0.05, 0) is 24.3 Å². The second kappa shape index (κ2) is 4.17. The summed E-state index contributed by atoms with van der Waals surface area (Å²) in [6, 6.07) is 3.76. The molecule has 0 saturated heterocycles. The van der Waals surface area contributed by atoms with Crippen LogP contribution in [0.5, 0.6) is 0 Å². The van der Waals surface area contributed by atoms with E-state index in [0.29, 0.717) is 10.7 Å². The topological polar surface area (TPSA) is 54.6 Å². The summed E-state index contributed by atoms with van der Waals surface area (Å²) in [6.07, 6.45) is 1.91. The number of aromatic nitrogens is 2. The molecule has 0 amide bonds. The Morgan fingerprint density at radius 3 is 2.94 bits per heavy atom. The minimum Gasteiger partial charge on any atom is -0.476 e. The third kappa shape index (κ3) is 1.78. The fraction of sp³-hybridized carbons (Fsp3) is 0.273. The first-order valence-electron chi connectivity index (χ1n) is 4.98. The van der Waals surface area contributed by atoms with Crippen molar-refractivity contribution >= 4 is 23.4 Å². The highest BCUT2D eigenvalue weighted by Gasteiger charge is 2.17. The summed E-state index contributed by atoms with van der Waals surface area (Å²) in [7, 11) is 0. The van der Waals surface area contributed by atoms with E-state index in [2.05, 4.69) is 4.98 Å². The standard InChI is InChI=1S/C11H12N2O2S/c1-3-16-10-9(11(14)15)12-8-5-4-7(2)6-13(8)10/h4-6H,3H2,1-2H3,(H,14,15). The average Bonchev–Trinajstić information content (AvgIpc) is 2.58. The highest BCUT2D eigenvalue weighted by atomic mass is 32.2. The third-order valence-electron chi connectivity index (χ3n) is 2.21. The Morgan fingerprint density at radius 2 is 2.31 bits per heavy atom. The van der Waals surface area contributed by atoms with Crippen molar-refractivity contribution in [2.75, 3.05) is 5.75 Å². The van der Waals surface area contributed by atoms with Crippen LogP contribution in [0.2, 0.25) is 0 Å². The van der Waals surface area contributed by atoms with Gasteiger partial charge in [-0.1, -0.05) is 13.0 Å². The number of hydrogen-bond donors (Lipinski definition) is 1. The Labute approximate surface area is 97.3 Å². The number of pyridine rings is 1. The molecule has 2 heterocycles. The van der Waals surface area contributed by atoms with Gasteiger partial charge in [-0.25, -0.2) is 9.78 Å². The fourth-order valence-corrected chi connectivity index (χ4v) is 2.37. The van der Waals surface area contributed by atoms with Crippen LogP contribution in [0.25, 0.3) is 5.65 Å². The van der Waals surface area contributed by atoms with Crippen LogP contribution in [0.1, 0.15) is 23.0 Å². The Hall–Kier alpha value is -1.49. The summed E-state index contributed by atoms with van der Waals surface area (Å²) in [5.41, 5.74) is 1.90. The predicted octanol–water partition coefficient (Wildman–Crippen LogP) is 2.45. The number of hydrogen-bond acceptors (Lipinski definition) is 3. The second-order valence-corrected chi connectivity index (χ2v) is 4.69. The lowest BCUT2D eigenvalue weighted by Crippen LogP contribution is -1.99. The first kappa shape index (κ1) is 11.0. The van der Waals surface area contributed by atoms with Gasteiger partial charge in [0.2, 0.25) is 0 Å². The van der Waals surface area contributed by atoms with E-state index >= 15 is 0 Å². The summed E-state index contributed by atoms with van der Waals surface area (Å²) in [5.74, 6) is -0.153. The lowest BCUT2D eigenvalue weighted by molar-refractivity contribution is 0.0687. The molecule has 0 aromatic carbocycles. The summed E-state index contributed by atoms with van der Waals surface area (Å²) in [6.45, 7) is 3.96. The Kier molecular flexibility index (Phi) is 2.87.